The Balaban J connectivity index is 2.30. The van der Waals surface area contributed by atoms with Crippen molar-refractivity contribution in [3.8, 4) is 5.75 Å². The first-order valence-corrected chi connectivity index (χ1v) is 5.15. The fourth-order valence-electron chi connectivity index (χ4n) is 1.03. The topological polar surface area (TPSA) is 12.5 Å². The molecular weight excluding hydrogens is 194 g/mol. The molecular formula is C11H16NOS. The minimum absolute atomic E-state index is 0.0419. The van der Waals surface area contributed by atoms with Gasteiger partial charge in [-0.2, -0.15) is 0 Å². The molecule has 0 bridgehead atoms. The van der Waals surface area contributed by atoms with Crippen LogP contribution in [0.1, 0.15) is 6.42 Å². The molecule has 0 aliphatic carbocycles. The van der Waals surface area contributed by atoms with Gasteiger partial charge in [-0.15, -0.1) is 12.6 Å². The van der Waals surface area contributed by atoms with Crippen molar-refractivity contribution in [2.75, 3.05) is 20.6 Å². The van der Waals surface area contributed by atoms with Crippen LogP contribution in [-0.4, -0.2) is 31.0 Å². The van der Waals surface area contributed by atoms with Gasteiger partial charge in [-0.1, -0.05) is 12.1 Å². The SMILES string of the molecule is CN(C)CCC(S)Oc1cc[c]cc1. The van der Waals surface area contributed by atoms with Crippen LogP contribution in [0.4, 0.5) is 0 Å². The Labute approximate surface area is 91.3 Å². The monoisotopic (exact) mass is 210 g/mol. The second kappa shape index (κ2) is 5.94. The van der Waals surface area contributed by atoms with Crippen molar-refractivity contribution in [2.45, 2.75) is 11.9 Å². The largest absolute Gasteiger partial charge is 0.480 e. The number of benzene rings is 1. The zero-order chi connectivity index (χ0) is 10.4. The summed E-state index contributed by atoms with van der Waals surface area (Å²) in [7, 11) is 4.08. The molecule has 0 aliphatic rings. The van der Waals surface area contributed by atoms with E-state index in [0.717, 1.165) is 18.7 Å². The van der Waals surface area contributed by atoms with Crippen LogP contribution in [0.25, 0.3) is 0 Å². The third kappa shape index (κ3) is 4.53. The van der Waals surface area contributed by atoms with Gasteiger partial charge < -0.3 is 9.64 Å². The molecule has 0 saturated heterocycles. The summed E-state index contributed by atoms with van der Waals surface area (Å²) in [5, 5.41) is 0. The van der Waals surface area contributed by atoms with E-state index in [0.29, 0.717) is 0 Å². The van der Waals surface area contributed by atoms with E-state index in [1.807, 2.05) is 38.4 Å². The van der Waals surface area contributed by atoms with E-state index >= 15 is 0 Å². The highest BCUT2D eigenvalue weighted by Crippen LogP contribution is 2.14. The normalized spacial score (nSPS) is 12.9. The molecule has 0 N–H and O–H groups in total. The highest BCUT2D eigenvalue weighted by Gasteiger charge is 2.04. The predicted molar refractivity (Wildman–Crippen MR) is 61.9 cm³/mol. The molecule has 0 saturated carbocycles. The average molecular weight is 210 g/mol. The van der Waals surface area contributed by atoms with Gasteiger partial charge in [0.25, 0.3) is 0 Å². The molecule has 0 fully saturated rings. The number of rotatable bonds is 5. The highest BCUT2D eigenvalue weighted by molar-refractivity contribution is 7.80. The molecule has 77 valence electrons. The zero-order valence-corrected chi connectivity index (χ0v) is 9.50. The molecule has 3 heteroatoms. The lowest BCUT2D eigenvalue weighted by atomic mass is 10.3. The molecule has 0 aromatic heterocycles. The second-order valence-electron chi connectivity index (χ2n) is 3.40. The minimum atomic E-state index is -0.0419. The van der Waals surface area contributed by atoms with Crippen LogP contribution in [0.3, 0.4) is 0 Å². The number of hydrogen-bond acceptors (Lipinski definition) is 3. The summed E-state index contributed by atoms with van der Waals surface area (Å²) in [5.41, 5.74) is -0.0419. The summed E-state index contributed by atoms with van der Waals surface area (Å²) in [6.45, 7) is 0.979. The van der Waals surface area contributed by atoms with Crippen LogP contribution in [-0.2, 0) is 0 Å². The third-order valence-corrected chi connectivity index (χ3v) is 2.15. The molecule has 0 amide bonds. The Bertz CT molecular complexity index is 251. The molecule has 1 rings (SSSR count). The molecule has 14 heavy (non-hydrogen) atoms. The van der Waals surface area contributed by atoms with E-state index in [2.05, 4.69) is 23.6 Å². The maximum atomic E-state index is 5.58. The van der Waals surface area contributed by atoms with Gasteiger partial charge in [0.1, 0.15) is 11.2 Å². The fraction of sp³-hybridized carbons (Fsp3) is 0.455. The van der Waals surface area contributed by atoms with E-state index in [4.69, 9.17) is 4.74 Å². The lowest BCUT2D eigenvalue weighted by Gasteiger charge is -2.16. The van der Waals surface area contributed by atoms with Crippen molar-refractivity contribution in [3.05, 3.63) is 30.3 Å². The second-order valence-corrected chi connectivity index (χ2v) is 3.98. The van der Waals surface area contributed by atoms with Gasteiger partial charge in [0.05, 0.1) is 0 Å². The third-order valence-electron chi connectivity index (χ3n) is 1.78. The van der Waals surface area contributed by atoms with Gasteiger partial charge >= 0.3 is 0 Å². The quantitative estimate of drug-likeness (QED) is 0.590. The van der Waals surface area contributed by atoms with Crippen LogP contribution in [0.2, 0.25) is 0 Å². The summed E-state index contributed by atoms with van der Waals surface area (Å²) in [6.07, 6.45) is 0.911. The molecule has 0 aliphatic heterocycles. The van der Waals surface area contributed by atoms with Crippen molar-refractivity contribution in [2.24, 2.45) is 0 Å². The average Bonchev–Trinajstić information content (AvgIpc) is 2.16. The van der Waals surface area contributed by atoms with Crippen LogP contribution in [0.5, 0.6) is 5.75 Å². The summed E-state index contributed by atoms with van der Waals surface area (Å²) in [5.74, 6) is 0.850. The standard InChI is InChI=1S/C11H16NOS/c1-12(2)9-8-11(14)13-10-6-4-3-5-7-10/h4-7,11,14H,8-9H2,1-2H3. The molecule has 1 unspecified atom stereocenters. The van der Waals surface area contributed by atoms with E-state index in [1.54, 1.807) is 0 Å². The highest BCUT2D eigenvalue weighted by atomic mass is 32.1. The summed E-state index contributed by atoms with van der Waals surface area (Å²) in [4.78, 5) is 2.12. The van der Waals surface area contributed by atoms with Gasteiger partial charge in [0.2, 0.25) is 0 Å². The maximum Gasteiger partial charge on any atom is 0.142 e. The van der Waals surface area contributed by atoms with Crippen molar-refractivity contribution >= 4 is 12.6 Å². The summed E-state index contributed by atoms with van der Waals surface area (Å²) < 4.78 is 5.58. The Kier molecular flexibility index (Phi) is 4.84. The molecule has 1 aromatic rings. The molecule has 1 atom stereocenters. The van der Waals surface area contributed by atoms with Crippen molar-refractivity contribution in [3.63, 3.8) is 0 Å². The van der Waals surface area contributed by atoms with Crippen LogP contribution >= 0.6 is 12.6 Å². The van der Waals surface area contributed by atoms with Gasteiger partial charge in [-0.05, 0) is 32.3 Å². The predicted octanol–water partition coefficient (Wildman–Crippen LogP) is 2.07. The number of thiol groups is 1. The Morgan fingerprint density at radius 2 is 2.07 bits per heavy atom. The van der Waals surface area contributed by atoms with Crippen molar-refractivity contribution in [1.29, 1.82) is 0 Å². The molecule has 0 spiro atoms. The van der Waals surface area contributed by atoms with Crippen molar-refractivity contribution in [1.82, 2.24) is 4.90 Å². The minimum Gasteiger partial charge on any atom is -0.480 e. The lowest BCUT2D eigenvalue weighted by Crippen LogP contribution is -2.19. The van der Waals surface area contributed by atoms with E-state index in [1.165, 1.54) is 0 Å². The fourth-order valence-corrected chi connectivity index (χ4v) is 1.27. The first-order valence-electron chi connectivity index (χ1n) is 4.64. The smallest absolute Gasteiger partial charge is 0.142 e. The van der Waals surface area contributed by atoms with E-state index < -0.39 is 0 Å². The first kappa shape index (κ1) is 11.4. The maximum absolute atomic E-state index is 5.58. The van der Waals surface area contributed by atoms with Gasteiger partial charge in [-0.25, -0.2) is 0 Å². The van der Waals surface area contributed by atoms with E-state index in [9.17, 15) is 0 Å². The number of ether oxygens (including phenoxy) is 1. The van der Waals surface area contributed by atoms with Crippen molar-refractivity contribution < 1.29 is 4.74 Å². The van der Waals surface area contributed by atoms with Gasteiger partial charge in [-0.3, -0.25) is 0 Å². The molecule has 0 heterocycles. The number of hydrogen-bond donors (Lipinski definition) is 1. The van der Waals surface area contributed by atoms with Crippen LogP contribution < -0.4 is 4.74 Å². The molecule has 1 aromatic carbocycles. The zero-order valence-electron chi connectivity index (χ0n) is 8.60. The molecule has 1 radical (unpaired) electrons. The molecule has 2 nitrogen and oxygen atoms in total. The van der Waals surface area contributed by atoms with Gasteiger partial charge in [0.15, 0.2) is 0 Å². The Hall–Kier alpha value is -0.670. The first-order chi connectivity index (χ1) is 6.68. The van der Waals surface area contributed by atoms with Crippen LogP contribution in [0.15, 0.2) is 24.3 Å². The summed E-state index contributed by atoms with van der Waals surface area (Å²) >= 11 is 4.36. The Morgan fingerprint density at radius 3 is 2.64 bits per heavy atom. The van der Waals surface area contributed by atoms with Crippen LogP contribution in [0, 0.1) is 6.07 Å². The lowest BCUT2D eigenvalue weighted by molar-refractivity contribution is 0.255. The Morgan fingerprint density at radius 1 is 1.43 bits per heavy atom. The van der Waals surface area contributed by atoms with E-state index in [-0.39, 0.29) is 5.44 Å². The van der Waals surface area contributed by atoms with Gasteiger partial charge in [0, 0.05) is 13.0 Å². The summed E-state index contributed by atoms with van der Waals surface area (Å²) in [6, 6.07) is 10.4. The number of nitrogens with zero attached hydrogens (tertiary/aromatic N) is 1.